The first-order chi connectivity index (χ1) is 9.31. The molecule has 1 aromatic rings. The molecule has 0 aliphatic rings. The molecule has 1 aromatic heterocycles. The Kier molecular flexibility index (Phi) is 5.54. The largest absolute Gasteiger partial charge is 0.468 e. The molecule has 0 radical (unpaired) electrons. The maximum absolute atomic E-state index is 11.5. The van der Waals surface area contributed by atoms with E-state index in [0.717, 1.165) is 5.69 Å². The molecule has 0 aromatic carbocycles. The number of ether oxygens (including phenoxy) is 2. The summed E-state index contributed by atoms with van der Waals surface area (Å²) >= 11 is 0. The van der Waals surface area contributed by atoms with Gasteiger partial charge in [-0.25, -0.2) is 9.78 Å². The van der Waals surface area contributed by atoms with E-state index < -0.39 is 11.7 Å². The fraction of sp³-hybridized carbons (Fsp3) is 0.615. The zero-order valence-corrected chi connectivity index (χ0v) is 12.3. The predicted molar refractivity (Wildman–Crippen MR) is 72.2 cm³/mol. The molecule has 0 saturated heterocycles. The number of hydrogen-bond donors (Lipinski definition) is 1. The van der Waals surface area contributed by atoms with Crippen LogP contribution in [-0.2, 0) is 27.2 Å². The Morgan fingerprint density at radius 2 is 2.10 bits per heavy atom. The summed E-state index contributed by atoms with van der Waals surface area (Å²) in [6.07, 6.45) is 3.30. The molecular formula is C13H21N3O4. The summed E-state index contributed by atoms with van der Waals surface area (Å²) in [4.78, 5) is 26.7. The van der Waals surface area contributed by atoms with Gasteiger partial charge in [0.2, 0.25) is 0 Å². The number of hydrogen-bond acceptors (Lipinski definition) is 5. The molecule has 112 valence electrons. The summed E-state index contributed by atoms with van der Waals surface area (Å²) in [7, 11) is 1.34. The summed E-state index contributed by atoms with van der Waals surface area (Å²) in [5.74, 6) is -0.343. The van der Waals surface area contributed by atoms with E-state index in [4.69, 9.17) is 4.74 Å². The van der Waals surface area contributed by atoms with Crippen LogP contribution in [0.25, 0.3) is 0 Å². The number of esters is 1. The minimum atomic E-state index is -0.517. The van der Waals surface area contributed by atoms with Crippen molar-refractivity contribution in [2.45, 2.75) is 39.3 Å². The second-order valence-electron chi connectivity index (χ2n) is 5.27. The first kappa shape index (κ1) is 16.0. The van der Waals surface area contributed by atoms with Crippen molar-refractivity contribution in [3.8, 4) is 0 Å². The van der Waals surface area contributed by atoms with Crippen molar-refractivity contribution in [1.29, 1.82) is 0 Å². The Bertz CT molecular complexity index is 462. The van der Waals surface area contributed by atoms with Gasteiger partial charge in [0.15, 0.2) is 0 Å². The van der Waals surface area contributed by atoms with Crippen LogP contribution in [-0.4, -0.2) is 40.9 Å². The van der Waals surface area contributed by atoms with E-state index in [1.54, 1.807) is 37.9 Å². The lowest BCUT2D eigenvalue weighted by Gasteiger charge is -2.19. The number of aromatic nitrogens is 2. The topological polar surface area (TPSA) is 82.5 Å². The molecule has 7 heteroatoms. The molecule has 7 nitrogen and oxygen atoms in total. The third kappa shape index (κ3) is 5.73. The average Bonchev–Trinajstić information content (AvgIpc) is 2.74. The zero-order valence-electron chi connectivity index (χ0n) is 12.3. The van der Waals surface area contributed by atoms with Crippen molar-refractivity contribution >= 4 is 12.1 Å². The molecule has 0 atom stereocenters. The number of imidazole rings is 1. The van der Waals surface area contributed by atoms with Gasteiger partial charge in [-0.15, -0.1) is 0 Å². The van der Waals surface area contributed by atoms with E-state index in [0.29, 0.717) is 13.0 Å². The van der Waals surface area contributed by atoms with Crippen LogP contribution in [0.5, 0.6) is 0 Å². The first-order valence-electron chi connectivity index (χ1n) is 6.34. The lowest BCUT2D eigenvalue weighted by molar-refractivity contribution is -0.141. The monoisotopic (exact) mass is 283 g/mol. The Balaban J connectivity index is 2.41. The van der Waals surface area contributed by atoms with Gasteiger partial charge < -0.3 is 19.4 Å². The number of alkyl carbamates (subject to hydrolysis) is 1. The third-order valence-electron chi connectivity index (χ3n) is 2.37. The van der Waals surface area contributed by atoms with Crippen molar-refractivity contribution in [3.05, 3.63) is 18.2 Å². The van der Waals surface area contributed by atoms with E-state index in [2.05, 4.69) is 15.0 Å². The molecule has 1 N–H and O–H groups in total. The van der Waals surface area contributed by atoms with Gasteiger partial charge in [0.05, 0.1) is 13.4 Å². The Morgan fingerprint density at radius 3 is 2.70 bits per heavy atom. The predicted octanol–water partition coefficient (Wildman–Crippen LogP) is 1.12. The molecule has 0 bridgehead atoms. The first-order valence-corrected chi connectivity index (χ1v) is 6.34. The van der Waals surface area contributed by atoms with Gasteiger partial charge in [-0.05, 0) is 20.8 Å². The summed E-state index contributed by atoms with van der Waals surface area (Å²) in [5, 5.41) is 2.65. The van der Waals surface area contributed by atoms with Crippen molar-refractivity contribution in [1.82, 2.24) is 14.9 Å². The fourth-order valence-corrected chi connectivity index (χ4v) is 1.51. The van der Waals surface area contributed by atoms with Gasteiger partial charge >= 0.3 is 12.1 Å². The second kappa shape index (κ2) is 6.93. The molecule has 20 heavy (non-hydrogen) atoms. The van der Waals surface area contributed by atoms with Crippen LogP contribution in [0.4, 0.5) is 4.79 Å². The summed E-state index contributed by atoms with van der Waals surface area (Å²) in [6.45, 7) is 5.92. The number of carbonyl (C=O) groups excluding carboxylic acids is 2. The van der Waals surface area contributed by atoms with Gasteiger partial charge in [-0.3, -0.25) is 4.79 Å². The molecule has 0 spiro atoms. The molecule has 1 amide bonds. The van der Waals surface area contributed by atoms with Gasteiger partial charge in [0.25, 0.3) is 0 Å². The van der Waals surface area contributed by atoms with E-state index in [1.807, 2.05) is 0 Å². The molecule has 0 unspecified atom stereocenters. The molecule has 0 aliphatic carbocycles. The van der Waals surface area contributed by atoms with Crippen LogP contribution in [0.1, 0.15) is 26.5 Å². The minimum Gasteiger partial charge on any atom is -0.468 e. The standard InChI is InChI=1S/C13H21N3O4/c1-13(2,3)20-12(18)15-6-5-10-7-14-9-16(10)8-11(17)19-4/h7,9H,5-6,8H2,1-4H3,(H,15,18). The van der Waals surface area contributed by atoms with Gasteiger partial charge in [0.1, 0.15) is 12.1 Å². The third-order valence-corrected chi connectivity index (χ3v) is 2.37. The Hall–Kier alpha value is -2.05. The van der Waals surface area contributed by atoms with Crippen LogP contribution >= 0.6 is 0 Å². The van der Waals surface area contributed by atoms with Crippen molar-refractivity contribution in [2.75, 3.05) is 13.7 Å². The van der Waals surface area contributed by atoms with E-state index in [9.17, 15) is 9.59 Å². The molecule has 1 heterocycles. The van der Waals surface area contributed by atoms with Gasteiger partial charge in [-0.1, -0.05) is 0 Å². The van der Waals surface area contributed by atoms with Crippen molar-refractivity contribution < 1.29 is 19.1 Å². The highest BCUT2D eigenvalue weighted by Crippen LogP contribution is 2.06. The van der Waals surface area contributed by atoms with E-state index in [1.165, 1.54) is 7.11 Å². The van der Waals surface area contributed by atoms with E-state index in [-0.39, 0.29) is 12.5 Å². The fourth-order valence-electron chi connectivity index (χ4n) is 1.51. The molecule has 1 rings (SSSR count). The normalized spacial score (nSPS) is 11.0. The molecule has 0 aliphatic heterocycles. The van der Waals surface area contributed by atoms with Crippen LogP contribution in [0.2, 0.25) is 0 Å². The Labute approximate surface area is 118 Å². The number of carbonyl (C=O) groups is 2. The number of amides is 1. The number of nitrogens with zero attached hydrogens (tertiary/aromatic N) is 2. The SMILES string of the molecule is COC(=O)Cn1cncc1CCNC(=O)OC(C)(C)C. The van der Waals surface area contributed by atoms with Crippen LogP contribution < -0.4 is 5.32 Å². The average molecular weight is 283 g/mol. The van der Waals surface area contributed by atoms with Gasteiger partial charge in [-0.2, -0.15) is 0 Å². The molecule has 0 saturated carbocycles. The van der Waals surface area contributed by atoms with Crippen LogP contribution in [0.15, 0.2) is 12.5 Å². The minimum absolute atomic E-state index is 0.109. The van der Waals surface area contributed by atoms with Gasteiger partial charge in [0, 0.05) is 24.9 Å². The van der Waals surface area contributed by atoms with Crippen LogP contribution in [0, 0.1) is 0 Å². The van der Waals surface area contributed by atoms with E-state index >= 15 is 0 Å². The second-order valence-corrected chi connectivity index (χ2v) is 5.27. The number of nitrogens with one attached hydrogen (secondary N) is 1. The van der Waals surface area contributed by atoms with Crippen LogP contribution in [0.3, 0.4) is 0 Å². The summed E-state index contributed by atoms with van der Waals surface area (Å²) in [5.41, 5.74) is 0.322. The lowest BCUT2D eigenvalue weighted by atomic mass is 10.2. The number of rotatable bonds is 5. The maximum atomic E-state index is 11.5. The highest BCUT2D eigenvalue weighted by atomic mass is 16.6. The summed E-state index contributed by atoms with van der Waals surface area (Å²) in [6, 6.07) is 0. The quantitative estimate of drug-likeness (QED) is 0.819. The lowest BCUT2D eigenvalue weighted by Crippen LogP contribution is -2.33. The molecule has 0 fully saturated rings. The van der Waals surface area contributed by atoms with Crippen molar-refractivity contribution in [2.24, 2.45) is 0 Å². The zero-order chi connectivity index (χ0) is 15.2. The Morgan fingerprint density at radius 1 is 1.40 bits per heavy atom. The smallest absolute Gasteiger partial charge is 0.407 e. The molecular weight excluding hydrogens is 262 g/mol. The highest BCUT2D eigenvalue weighted by Gasteiger charge is 2.15. The summed E-state index contributed by atoms with van der Waals surface area (Å²) < 4.78 is 11.4. The highest BCUT2D eigenvalue weighted by molar-refractivity contribution is 5.69. The maximum Gasteiger partial charge on any atom is 0.407 e. The van der Waals surface area contributed by atoms with Crippen molar-refractivity contribution in [3.63, 3.8) is 0 Å². The number of methoxy groups -OCH3 is 1.